The van der Waals surface area contributed by atoms with E-state index < -0.39 is 42.4 Å². The number of carbonyl (C=O) groups is 2. The smallest absolute Gasteiger partial charge is 0.342 e. The van der Waals surface area contributed by atoms with Gasteiger partial charge in [-0.25, -0.2) is 0 Å². The maximum Gasteiger partial charge on any atom is 0.342 e. The Hall–Kier alpha value is -0.910. The van der Waals surface area contributed by atoms with Crippen LogP contribution < -0.4 is 0 Å². The molecule has 8 heteroatoms. The van der Waals surface area contributed by atoms with Crippen molar-refractivity contribution < 1.29 is 34.2 Å². The first kappa shape index (κ1) is 17.1. The van der Waals surface area contributed by atoms with Crippen LogP contribution in [0, 0.1) is 11.3 Å². The summed E-state index contributed by atoms with van der Waals surface area (Å²) in [5, 5.41) is 15.6. The summed E-state index contributed by atoms with van der Waals surface area (Å²) in [6.45, 7) is 5.27. The fraction of sp³-hybridized carbons (Fsp3) is 0.800. The van der Waals surface area contributed by atoms with Crippen LogP contribution in [0.3, 0.4) is 0 Å². The molecule has 0 aliphatic rings. The summed E-state index contributed by atoms with van der Waals surface area (Å²) in [6.07, 6.45) is -0.437. The Bertz CT molecular complexity index is 397. The lowest BCUT2D eigenvalue weighted by atomic mass is 9.73. The fourth-order valence-corrected chi connectivity index (χ4v) is 2.54. The zero-order valence-corrected chi connectivity index (χ0v) is 11.6. The molecule has 4 N–H and O–H groups in total. The van der Waals surface area contributed by atoms with Crippen LogP contribution in [0.15, 0.2) is 0 Å². The lowest BCUT2D eigenvalue weighted by Gasteiger charge is -2.37. The Kier molecular flexibility index (Phi) is 4.74. The van der Waals surface area contributed by atoms with E-state index in [0.717, 1.165) is 6.92 Å². The molecule has 0 aromatic carbocycles. The number of hydrogen-bond donors (Lipinski definition) is 4. The normalized spacial score (nSPS) is 17.9. The molecule has 0 aromatic heterocycles. The van der Waals surface area contributed by atoms with Gasteiger partial charge in [-0.2, -0.15) is 0 Å². The molecule has 0 saturated carbocycles. The first-order valence-corrected chi connectivity index (χ1v) is 6.89. The van der Waals surface area contributed by atoms with Crippen molar-refractivity contribution in [2.24, 2.45) is 11.3 Å². The SMILES string of the molecule is CC(C(=O)O)C(C)(C)CC(C)(C(=O)O)P(=O)(O)O. The van der Waals surface area contributed by atoms with Crippen LogP contribution in [-0.4, -0.2) is 37.1 Å². The van der Waals surface area contributed by atoms with Gasteiger partial charge in [0.25, 0.3) is 0 Å². The average molecular weight is 282 g/mol. The highest BCUT2D eigenvalue weighted by Gasteiger charge is 2.53. The Morgan fingerprint density at radius 2 is 1.56 bits per heavy atom. The van der Waals surface area contributed by atoms with Crippen LogP contribution in [0.4, 0.5) is 0 Å². The average Bonchev–Trinajstić information content (AvgIpc) is 2.13. The second-order valence-electron chi connectivity index (χ2n) is 5.35. The molecule has 0 radical (unpaired) electrons. The van der Waals surface area contributed by atoms with Crippen LogP contribution in [0.1, 0.15) is 34.1 Å². The topological polar surface area (TPSA) is 132 Å². The van der Waals surface area contributed by atoms with Crippen LogP contribution in [-0.2, 0) is 14.2 Å². The molecule has 0 aliphatic heterocycles. The monoisotopic (exact) mass is 282 g/mol. The van der Waals surface area contributed by atoms with Crippen LogP contribution in [0.25, 0.3) is 0 Å². The lowest BCUT2D eigenvalue weighted by molar-refractivity contribution is -0.148. The summed E-state index contributed by atoms with van der Waals surface area (Å²) < 4.78 is 11.3. The molecule has 0 bridgehead atoms. The summed E-state index contributed by atoms with van der Waals surface area (Å²) in [5.74, 6) is -3.71. The minimum absolute atomic E-state index is 0.437. The predicted octanol–water partition coefficient (Wildman–Crippen LogP) is 1.14. The van der Waals surface area contributed by atoms with E-state index >= 15 is 0 Å². The van der Waals surface area contributed by atoms with Gasteiger partial charge in [0.1, 0.15) is 0 Å². The Morgan fingerprint density at radius 1 is 1.17 bits per heavy atom. The summed E-state index contributed by atoms with van der Waals surface area (Å²) in [4.78, 5) is 40.4. The second kappa shape index (κ2) is 4.99. The van der Waals surface area contributed by atoms with Crippen molar-refractivity contribution in [1.29, 1.82) is 0 Å². The number of hydrogen-bond acceptors (Lipinski definition) is 3. The van der Waals surface area contributed by atoms with Gasteiger partial charge in [-0.15, -0.1) is 0 Å². The van der Waals surface area contributed by atoms with Gasteiger partial charge in [0, 0.05) is 0 Å². The summed E-state index contributed by atoms with van der Waals surface area (Å²) >= 11 is 0. The van der Waals surface area contributed by atoms with E-state index in [2.05, 4.69) is 0 Å². The Labute approximate surface area is 105 Å². The molecular weight excluding hydrogens is 263 g/mol. The molecule has 0 amide bonds. The molecule has 0 rings (SSSR count). The highest BCUT2D eigenvalue weighted by molar-refractivity contribution is 7.54. The molecule has 106 valence electrons. The molecule has 0 aromatic rings. The fourth-order valence-electron chi connectivity index (χ4n) is 1.68. The Morgan fingerprint density at radius 3 is 1.78 bits per heavy atom. The maximum absolute atomic E-state index is 11.3. The highest BCUT2D eigenvalue weighted by Crippen LogP contribution is 2.56. The van der Waals surface area contributed by atoms with Gasteiger partial charge in [0.05, 0.1) is 5.92 Å². The molecule has 0 heterocycles. The molecule has 2 atom stereocenters. The van der Waals surface area contributed by atoms with Crippen LogP contribution >= 0.6 is 7.60 Å². The van der Waals surface area contributed by atoms with Crippen molar-refractivity contribution in [3.63, 3.8) is 0 Å². The van der Waals surface area contributed by atoms with Gasteiger partial charge in [-0.05, 0) is 18.8 Å². The molecule has 18 heavy (non-hydrogen) atoms. The second-order valence-corrected chi connectivity index (χ2v) is 7.42. The van der Waals surface area contributed by atoms with E-state index in [0.29, 0.717) is 0 Å². The number of carboxylic acids is 2. The Balaban J connectivity index is 5.45. The van der Waals surface area contributed by atoms with E-state index in [1.54, 1.807) is 0 Å². The predicted molar refractivity (Wildman–Crippen MR) is 63.3 cm³/mol. The largest absolute Gasteiger partial charge is 0.481 e. The van der Waals surface area contributed by atoms with E-state index in [-0.39, 0.29) is 0 Å². The molecule has 2 unspecified atom stereocenters. The van der Waals surface area contributed by atoms with E-state index in [9.17, 15) is 23.9 Å². The third-order valence-corrected chi connectivity index (χ3v) is 5.08. The minimum Gasteiger partial charge on any atom is -0.481 e. The van der Waals surface area contributed by atoms with E-state index in [4.69, 9.17) is 10.2 Å². The molecule has 0 spiro atoms. The van der Waals surface area contributed by atoms with Crippen LogP contribution in [0.2, 0.25) is 0 Å². The van der Waals surface area contributed by atoms with Gasteiger partial charge < -0.3 is 20.0 Å². The third-order valence-electron chi connectivity index (χ3n) is 3.45. The summed E-state index contributed by atoms with van der Waals surface area (Å²) in [7, 11) is -4.90. The zero-order chi connectivity index (χ0) is 14.9. The van der Waals surface area contributed by atoms with Crippen LogP contribution in [0.5, 0.6) is 0 Å². The summed E-state index contributed by atoms with van der Waals surface area (Å²) in [5.41, 5.74) is -1.07. The van der Waals surface area contributed by atoms with E-state index in [1.165, 1.54) is 20.8 Å². The maximum atomic E-state index is 11.3. The van der Waals surface area contributed by atoms with Gasteiger partial charge in [-0.3, -0.25) is 14.2 Å². The number of rotatable bonds is 6. The molecular formula is C10H19O7P. The van der Waals surface area contributed by atoms with Crippen molar-refractivity contribution >= 4 is 19.5 Å². The standard InChI is InChI=1S/C10H19O7P/c1-6(7(11)12)9(2,3)5-10(4,8(13)14)18(15,16)17/h6H,5H2,1-4H3,(H,11,12)(H,13,14)(H2,15,16,17). The molecule has 0 fully saturated rings. The van der Waals surface area contributed by atoms with E-state index in [1.807, 2.05) is 0 Å². The molecule has 7 nitrogen and oxygen atoms in total. The number of aliphatic carboxylic acids is 2. The third kappa shape index (κ3) is 3.31. The van der Waals surface area contributed by atoms with Crippen molar-refractivity contribution in [3.8, 4) is 0 Å². The zero-order valence-electron chi connectivity index (χ0n) is 10.7. The van der Waals surface area contributed by atoms with Gasteiger partial charge in [0.2, 0.25) is 0 Å². The highest BCUT2D eigenvalue weighted by atomic mass is 31.2. The summed E-state index contributed by atoms with van der Waals surface area (Å²) in [6, 6.07) is 0. The first-order valence-electron chi connectivity index (χ1n) is 5.27. The van der Waals surface area contributed by atoms with Gasteiger partial charge in [-0.1, -0.05) is 20.8 Å². The van der Waals surface area contributed by atoms with Crippen molar-refractivity contribution in [3.05, 3.63) is 0 Å². The minimum atomic E-state index is -4.90. The van der Waals surface area contributed by atoms with Crippen molar-refractivity contribution in [2.75, 3.05) is 0 Å². The first-order chi connectivity index (χ1) is 7.75. The molecule has 0 aliphatic carbocycles. The quantitative estimate of drug-likeness (QED) is 0.537. The van der Waals surface area contributed by atoms with Crippen molar-refractivity contribution in [2.45, 2.75) is 39.3 Å². The molecule has 0 saturated heterocycles. The van der Waals surface area contributed by atoms with Crippen molar-refractivity contribution in [1.82, 2.24) is 0 Å². The number of carboxylic acid groups (broad SMARTS) is 2. The lowest BCUT2D eigenvalue weighted by Crippen LogP contribution is -2.43. The van der Waals surface area contributed by atoms with Gasteiger partial charge in [0.15, 0.2) is 5.16 Å². The van der Waals surface area contributed by atoms with Gasteiger partial charge >= 0.3 is 19.5 Å².